The molecule has 18 heavy (non-hydrogen) atoms. The normalized spacial score (nSPS) is 17.2. The maximum absolute atomic E-state index is 6.03. The number of nitrogens with zero attached hydrogens (tertiary/aromatic N) is 2. The van der Waals surface area contributed by atoms with Crippen molar-refractivity contribution in [2.24, 2.45) is 0 Å². The van der Waals surface area contributed by atoms with Crippen LogP contribution >= 0.6 is 15.9 Å². The highest BCUT2D eigenvalue weighted by atomic mass is 79.9. The Kier molecular flexibility index (Phi) is 3.16. The Balaban J connectivity index is 1.89. The number of hydrogen-bond acceptors (Lipinski definition) is 3. The summed E-state index contributed by atoms with van der Waals surface area (Å²) < 4.78 is 2.90. The van der Waals surface area contributed by atoms with Crippen LogP contribution in [0.25, 0.3) is 5.65 Å². The first kappa shape index (κ1) is 11.8. The van der Waals surface area contributed by atoms with Gasteiger partial charge < -0.3 is 11.1 Å². The topological polar surface area (TPSA) is 55.3 Å². The van der Waals surface area contributed by atoms with Crippen molar-refractivity contribution in [3.8, 4) is 0 Å². The molecule has 3 rings (SSSR count). The molecule has 0 radical (unpaired) electrons. The summed E-state index contributed by atoms with van der Waals surface area (Å²) in [7, 11) is 0. The molecule has 5 heteroatoms. The van der Waals surface area contributed by atoms with E-state index in [0.717, 1.165) is 15.9 Å². The quantitative estimate of drug-likeness (QED) is 0.893. The summed E-state index contributed by atoms with van der Waals surface area (Å²) in [4.78, 5) is 4.27. The zero-order valence-corrected chi connectivity index (χ0v) is 11.8. The average molecular weight is 309 g/mol. The van der Waals surface area contributed by atoms with Crippen LogP contribution in [0.4, 0.5) is 11.4 Å². The zero-order chi connectivity index (χ0) is 12.5. The molecular weight excluding hydrogens is 292 g/mol. The van der Waals surface area contributed by atoms with Gasteiger partial charge in [0.25, 0.3) is 0 Å². The third-order valence-electron chi connectivity index (χ3n) is 3.57. The standard InChI is InChI=1S/C13H17BrN4/c14-12-7-16-13-11(15)6-10(8-18(12)13)17-9-4-2-1-3-5-9/h6-9,17H,1-5,15H2. The molecular formula is C13H17BrN4. The number of hydrogen-bond donors (Lipinski definition) is 2. The van der Waals surface area contributed by atoms with E-state index in [2.05, 4.69) is 32.4 Å². The number of pyridine rings is 1. The summed E-state index contributed by atoms with van der Waals surface area (Å²) in [6.45, 7) is 0. The minimum atomic E-state index is 0.581. The Labute approximate surface area is 115 Å². The van der Waals surface area contributed by atoms with Gasteiger partial charge in [0.15, 0.2) is 5.65 Å². The maximum atomic E-state index is 6.03. The molecule has 2 aromatic rings. The number of fused-ring (bicyclic) bond motifs is 1. The first-order valence-electron chi connectivity index (χ1n) is 6.42. The molecule has 0 bridgehead atoms. The number of halogens is 1. The van der Waals surface area contributed by atoms with Gasteiger partial charge in [0, 0.05) is 12.2 Å². The lowest BCUT2D eigenvalue weighted by Crippen LogP contribution is -2.22. The largest absolute Gasteiger partial charge is 0.396 e. The predicted molar refractivity (Wildman–Crippen MR) is 77.8 cm³/mol. The third kappa shape index (κ3) is 2.19. The van der Waals surface area contributed by atoms with E-state index >= 15 is 0 Å². The Bertz CT molecular complexity index is 557. The number of nitrogens with two attached hydrogens (primary N) is 1. The number of imidazole rings is 1. The van der Waals surface area contributed by atoms with Gasteiger partial charge in [-0.05, 0) is 34.8 Å². The molecule has 0 spiro atoms. The number of rotatable bonds is 2. The Morgan fingerprint density at radius 3 is 2.89 bits per heavy atom. The fraction of sp³-hybridized carbons (Fsp3) is 0.462. The summed E-state index contributed by atoms with van der Waals surface area (Å²) >= 11 is 3.48. The van der Waals surface area contributed by atoms with E-state index in [0.29, 0.717) is 11.7 Å². The summed E-state index contributed by atoms with van der Waals surface area (Å²) in [6, 6.07) is 2.56. The molecule has 3 N–H and O–H groups in total. The van der Waals surface area contributed by atoms with Gasteiger partial charge in [0.2, 0.25) is 0 Å². The highest BCUT2D eigenvalue weighted by molar-refractivity contribution is 9.10. The molecule has 0 aliphatic heterocycles. The van der Waals surface area contributed by atoms with Crippen LogP contribution < -0.4 is 11.1 Å². The number of nitrogen functional groups attached to an aromatic ring is 1. The van der Waals surface area contributed by atoms with E-state index in [1.165, 1.54) is 32.1 Å². The van der Waals surface area contributed by atoms with Gasteiger partial charge >= 0.3 is 0 Å². The molecule has 4 nitrogen and oxygen atoms in total. The van der Waals surface area contributed by atoms with Crippen LogP contribution in [0.2, 0.25) is 0 Å². The molecule has 96 valence electrons. The van der Waals surface area contributed by atoms with Crippen LogP contribution in [0, 0.1) is 0 Å². The Morgan fingerprint density at radius 2 is 2.11 bits per heavy atom. The summed E-state index contributed by atoms with van der Waals surface area (Å²) in [5, 5.41) is 3.58. The smallest absolute Gasteiger partial charge is 0.161 e. The number of aromatic nitrogens is 2. The van der Waals surface area contributed by atoms with Crippen molar-refractivity contribution in [2.75, 3.05) is 11.1 Å². The van der Waals surface area contributed by atoms with Gasteiger partial charge in [-0.3, -0.25) is 4.40 Å². The van der Waals surface area contributed by atoms with Crippen LogP contribution in [0.5, 0.6) is 0 Å². The van der Waals surface area contributed by atoms with E-state index in [1.807, 2.05) is 10.5 Å². The Morgan fingerprint density at radius 1 is 1.33 bits per heavy atom. The molecule has 1 aliphatic carbocycles. The molecule has 1 aliphatic rings. The third-order valence-corrected chi connectivity index (χ3v) is 4.15. The molecule has 1 fully saturated rings. The van der Waals surface area contributed by atoms with Crippen molar-refractivity contribution < 1.29 is 0 Å². The van der Waals surface area contributed by atoms with Gasteiger partial charge in [0.1, 0.15) is 4.60 Å². The van der Waals surface area contributed by atoms with Crippen molar-refractivity contribution in [3.05, 3.63) is 23.1 Å². The lowest BCUT2D eigenvalue weighted by Gasteiger charge is -2.24. The van der Waals surface area contributed by atoms with Crippen molar-refractivity contribution in [1.82, 2.24) is 9.38 Å². The van der Waals surface area contributed by atoms with Gasteiger partial charge in [0.05, 0.1) is 17.6 Å². The first-order valence-corrected chi connectivity index (χ1v) is 7.22. The molecule has 2 aromatic heterocycles. The van der Waals surface area contributed by atoms with E-state index in [-0.39, 0.29) is 0 Å². The van der Waals surface area contributed by atoms with Crippen molar-refractivity contribution in [1.29, 1.82) is 0 Å². The van der Waals surface area contributed by atoms with Crippen molar-refractivity contribution >= 4 is 33.0 Å². The molecule has 0 saturated heterocycles. The predicted octanol–water partition coefficient (Wildman–Crippen LogP) is 3.42. The van der Waals surface area contributed by atoms with Gasteiger partial charge in [-0.25, -0.2) is 4.98 Å². The lowest BCUT2D eigenvalue weighted by atomic mass is 9.95. The van der Waals surface area contributed by atoms with E-state index in [4.69, 9.17) is 5.73 Å². The molecule has 0 unspecified atom stereocenters. The second-order valence-electron chi connectivity index (χ2n) is 4.94. The minimum Gasteiger partial charge on any atom is -0.396 e. The van der Waals surface area contributed by atoms with Crippen LogP contribution in [-0.2, 0) is 0 Å². The molecule has 0 atom stereocenters. The van der Waals surface area contributed by atoms with E-state index in [1.54, 1.807) is 6.20 Å². The second-order valence-corrected chi connectivity index (χ2v) is 5.75. The Hall–Kier alpha value is -1.23. The lowest BCUT2D eigenvalue weighted by molar-refractivity contribution is 0.462. The molecule has 2 heterocycles. The maximum Gasteiger partial charge on any atom is 0.161 e. The highest BCUT2D eigenvalue weighted by Gasteiger charge is 2.14. The van der Waals surface area contributed by atoms with Crippen molar-refractivity contribution in [3.63, 3.8) is 0 Å². The SMILES string of the molecule is Nc1cc(NC2CCCCC2)cn2c(Br)cnc12. The van der Waals surface area contributed by atoms with Crippen molar-refractivity contribution in [2.45, 2.75) is 38.1 Å². The van der Waals surface area contributed by atoms with Gasteiger partial charge in [-0.2, -0.15) is 0 Å². The van der Waals surface area contributed by atoms with E-state index < -0.39 is 0 Å². The molecule has 0 amide bonds. The second kappa shape index (κ2) is 4.80. The fourth-order valence-corrected chi connectivity index (χ4v) is 3.02. The van der Waals surface area contributed by atoms with Crippen LogP contribution in [0.15, 0.2) is 23.1 Å². The number of nitrogens with one attached hydrogen (secondary N) is 1. The van der Waals surface area contributed by atoms with Crippen LogP contribution in [-0.4, -0.2) is 15.4 Å². The molecule has 1 saturated carbocycles. The average Bonchev–Trinajstić information content (AvgIpc) is 2.73. The summed E-state index contributed by atoms with van der Waals surface area (Å²) in [5.74, 6) is 0. The van der Waals surface area contributed by atoms with E-state index in [9.17, 15) is 0 Å². The van der Waals surface area contributed by atoms with Gasteiger partial charge in [-0.15, -0.1) is 0 Å². The number of anilines is 2. The van der Waals surface area contributed by atoms with Crippen LogP contribution in [0.1, 0.15) is 32.1 Å². The monoisotopic (exact) mass is 308 g/mol. The summed E-state index contributed by atoms with van der Waals surface area (Å²) in [6.07, 6.45) is 10.3. The highest BCUT2D eigenvalue weighted by Crippen LogP contribution is 2.26. The van der Waals surface area contributed by atoms with Gasteiger partial charge in [-0.1, -0.05) is 19.3 Å². The zero-order valence-electron chi connectivity index (χ0n) is 10.2. The first-order chi connectivity index (χ1) is 8.74. The minimum absolute atomic E-state index is 0.581. The molecule has 0 aromatic carbocycles. The summed E-state index contributed by atoms with van der Waals surface area (Å²) in [5.41, 5.74) is 8.62. The van der Waals surface area contributed by atoms with Crippen LogP contribution in [0.3, 0.4) is 0 Å². The fourth-order valence-electron chi connectivity index (χ4n) is 2.65.